The van der Waals surface area contributed by atoms with E-state index in [9.17, 15) is 0 Å². The lowest BCUT2D eigenvalue weighted by Crippen LogP contribution is -2.25. The Morgan fingerprint density at radius 2 is 2.00 bits per heavy atom. The van der Waals surface area contributed by atoms with Gasteiger partial charge in [0.25, 0.3) is 0 Å². The van der Waals surface area contributed by atoms with Crippen LogP contribution in [0.5, 0.6) is 0 Å². The summed E-state index contributed by atoms with van der Waals surface area (Å²) in [5.41, 5.74) is 5.86. The highest BCUT2D eigenvalue weighted by Gasteiger charge is 2.18. The molecule has 0 saturated carbocycles. The van der Waals surface area contributed by atoms with E-state index in [4.69, 9.17) is 4.42 Å². The Morgan fingerprint density at radius 1 is 1.15 bits per heavy atom. The van der Waals surface area contributed by atoms with Gasteiger partial charge < -0.3 is 4.42 Å². The van der Waals surface area contributed by atoms with Crippen molar-refractivity contribution in [3.05, 3.63) is 70.5 Å². The molecular weight excluding hydrogens is 356 g/mol. The van der Waals surface area contributed by atoms with Gasteiger partial charge in [0.2, 0.25) is 11.0 Å². The fourth-order valence-electron chi connectivity index (χ4n) is 2.73. The maximum Gasteiger partial charge on any atom is 0.218 e. The molecule has 2 aromatic heterocycles. The van der Waals surface area contributed by atoms with E-state index in [0.29, 0.717) is 5.89 Å². The van der Waals surface area contributed by atoms with Crippen LogP contribution in [-0.4, -0.2) is 15.0 Å². The summed E-state index contributed by atoms with van der Waals surface area (Å²) in [6, 6.07) is 8.40. The Balaban J connectivity index is 1.40. The average molecular weight is 379 g/mol. The maximum atomic E-state index is 5.78. The summed E-state index contributed by atoms with van der Waals surface area (Å²) >= 11 is 1.59. The summed E-state index contributed by atoms with van der Waals surface area (Å²) in [5.74, 6) is 1.49. The molecule has 0 spiro atoms. The first-order valence-electron chi connectivity index (χ1n) is 8.87. The Morgan fingerprint density at radius 3 is 2.81 bits per heavy atom. The lowest BCUT2D eigenvalue weighted by Gasteiger charge is -2.25. The molecule has 5 nitrogen and oxygen atoms in total. The lowest BCUT2D eigenvalue weighted by atomic mass is 9.94. The van der Waals surface area contributed by atoms with Crippen molar-refractivity contribution >= 4 is 34.7 Å². The Hall–Kier alpha value is -2.86. The summed E-state index contributed by atoms with van der Waals surface area (Å²) < 4.78 is 5.78. The molecule has 0 atom stereocenters. The first-order chi connectivity index (χ1) is 13.0. The number of hydrazine groups is 1. The highest BCUT2D eigenvalue weighted by atomic mass is 32.1. The van der Waals surface area contributed by atoms with Crippen molar-refractivity contribution in [2.24, 2.45) is 0 Å². The zero-order valence-corrected chi connectivity index (χ0v) is 16.5. The smallest absolute Gasteiger partial charge is 0.218 e. The van der Waals surface area contributed by atoms with Crippen molar-refractivity contribution in [1.29, 1.82) is 0 Å². The Labute approximate surface area is 163 Å². The van der Waals surface area contributed by atoms with Crippen LogP contribution < -0.4 is 5.43 Å². The monoisotopic (exact) mass is 378 g/mol. The second kappa shape index (κ2) is 7.04. The number of aromatic nitrogens is 2. The van der Waals surface area contributed by atoms with Crippen molar-refractivity contribution in [3.63, 3.8) is 0 Å². The maximum absolute atomic E-state index is 5.78. The summed E-state index contributed by atoms with van der Waals surface area (Å²) in [7, 11) is 0. The molecule has 1 aliphatic rings. The highest BCUT2D eigenvalue weighted by molar-refractivity contribution is 7.16. The van der Waals surface area contributed by atoms with Gasteiger partial charge in [-0.1, -0.05) is 56.4 Å². The second-order valence-corrected chi connectivity index (χ2v) is 8.53. The molecule has 4 rings (SSSR count). The zero-order chi connectivity index (χ0) is 18.9. The van der Waals surface area contributed by atoms with Gasteiger partial charge in [0.05, 0.1) is 12.7 Å². The van der Waals surface area contributed by atoms with E-state index in [0.717, 1.165) is 22.3 Å². The molecule has 0 fully saturated rings. The van der Waals surface area contributed by atoms with Gasteiger partial charge in [0, 0.05) is 28.8 Å². The van der Waals surface area contributed by atoms with E-state index in [1.54, 1.807) is 17.5 Å². The number of hydrogen-bond acceptors (Lipinski definition) is 6. The summed E-state index contributed by atoms with van der Waals surface area (Å²) in [5, 5.41) is 2.89. The standard InChI is InChI=1S/C21H22N4OS/c1-21(2,3)18-13-22-19(26-18)9-8-17-12-23-20(27-17)24-25-11-10-15-6-4-5-7-16(15)14-25/h4-13H,14H2,1-3H3,(H,23,24)/b9-8+. The van der Waals surface area contributed by atoms with Crippen LogP contribution in [0.3, 0.4) is 0 Å². The van der Waals surface area contributed by atoms with Crippen LogP contribution in [0, 0.1) is 0 Å². The molecule has 6 heteroatoms. The number of oxazole rings is 1. The molecular formula is C21H22N4OS. The number of nitrogens with zero attached hydrogens (tertiary/aromatic N) is 3. The van der Waals surface area contributed by atoms with Crippen molar-refractivity contribution in [2.75, 3.05) is 5.43 Å². The predicted molar refractivity (Wildman–Crippen MR) is 111 cm³/mol. The molecule has 1 aromatic carbocycles. The highest BCUT2D eigenvalue weighted by Crippen LogP contribution is 2.26. The zero-order valence-electron chi connectivity index (χ0n) is 15.6. The van der Waals surface area contributed by atoms with Crippen molar-refractivity contribution in [2.45, 2.75) is 32.7 Å². The van der Waals surface area contributed by atoms with E-state index in [2.05, 4.69) is 66.5 Å². The first kappa shape index (κ1) is 17.5. The topological polar surface area (TPSA) is 54.2 Å². The van der Waals surface area contributed by atoms with Crippen LogP contribution in [0.2, 0.25) is 0 Å². The second-order valence-electron chi connectivity index (χ2n) is 7.47. The lowest BCUT2D eigenvalue weighted by molar-refractivity contribution is 0.403. The van der Waals surface area contributed by atoms with Crippen molar-refractivity contribution in [3.8, 4) is 0 Å². The molecule has 138 valence electrons. The number of rotatable bonds is 4. The summed E-state index contributed by atoms with van der Waals surface area (Å²) in [6.45, 7) is 7.13. The van der Waals surface area contributed by atoms with E-state index in [-0.39, 0.29) is 5.41 Å². The minimum Gasteiger partial charge on any atom is -0.441 e. The summed E-state index contributed by atoms with van der Waals surface area (Å²) in [6.07, 6.45) is 11.6. The molecule has 0 aliphatic carbocycles. The van der Waals surface area contributed by atoms with Gasteiger partial charge in [-0.25, -0.2) is 9.97 Å². The van der Waals surface area contributed by atoms with E-state index >= 15 is 0 Å². The number of anilines is 1. The Kier molecular flexibility index (Phi) is 4.58. The van der Waals surface area contributed by atoms with Gasteiger partial charge >= 0.3 is 0 Å². The van der Waals surface area contributed by atoms with Gasteiger partial charge in [0.15, 0.2) is 0 Å². The summed E-state index contributed by atoms with van der Waals surface area (Å²) in [4.78, 5) is 9.81. The minimum atomic E-state index is -0.0404. The molecule has 3 heterocycles. The van der Waals surface area contributed by atoms with Crippen LogP contribution in [0.4, 0.5) is 5.13 Å². The Bertz CT molecular complexity index is 994. The fourth-order valence-corrected chi connectivity index (χ4v) is 3.46. The van der Waals surface area contributed by atoms with Crippen LogP contribution in [-0.2, 0) is 12.0 Å². The number of hydrogen-bond donors (Lipinski definition) is 1. The van der Waals surface area contributed by atoms with Gasteiger partial charge in [-0.2, -0.15) is 0 Å². The average Bonchev–Trinajstić information content (AvgIpc) is 3.29. The number of thiazole rings is 1. The molecule has 1 aliphatic heterocycles. The number of benzene rings is 1. The molecule has 1 N–H and O–H groups in total. The molecule has 0 saturated heterocycles. The molecule has 3 aromatic rings. The van der Waals surface area contributed by atoms with Crippen LogP contribution >= 0.6 is 11.3 Å². The third-order valence-corrected chi connectivity index (χ3v) is 5.11. The van der Waals surface area contributed by atoms with Crippen molar-refractivity contribution in [1.82, 2.24) is 15.0 Å². The SMILES string of the molecule is CC(C)(C)c1cnc(/C=C/c2cnc(NN3C=Cc4ccccc4C3)s2)o1. The predicted octanol–water partition coefficient (Wildman–Crippen LogP) is 5.41. The molecule has 0 bridgehead atoms. The third kappa shape index (κ3) is 4.11. The first-order valence-corrected chi connectivity index (χ1v) is 9.69. The van der Waals surface area contributed by atoms with Gasteiger partial charge in [-0.15, -0.1) is 0 Å². The number of nitrogens with one attached hydrogen (secondary N) is 1. The largest absolute Gasteiger partial charge is 0.441 e. The van der Waals surface area contributed by atoms with Crippen LogP contribution in [0.25, 0.3) is 18.2 Å². The molecule has 0 unspecified atom stereocenters. The van der Waals surface area contributed by atoms with Crippen LogP contribution in [0.15, 0.2) is 47.3 Å². The van der Waals surface area contributed by atoms with Crippen LogP contribution in [0.1, 0.15) is 48.4 Å². The van der Waals surface area contributed by atoms with Gasteiger partial charge in [0.1, 0.15) is 5.76 Å². The van der Waals surface area contributed by atoms with Crippen molar-refractivity contribution < 1.29 is 4.42 Å². The van der Waals surface area contributed by atoms with Gasteiger partial charge in [-0.3, -0.25) is 10.4 Å². The molecule has 0 radical (unpaired) electrons. The van der Waals surface area contributed by atoms with E-state index in [1.165, 1.54) is 11.1 Å². The third-order valence-electron chi connectivity index (χ3n) is 4.25. The fraction of sp³-hybridized carbons (Fsp3) is 0.238. The molecule has 27 heavy (non-hydrogen) atoms. The number of fused-ring (bicyclic) bond motifs is 1. The minimum absolute atomic E-state index is 0.0404. The van der Waals surface area contributed by atoms with Gasteiger partial charge in [-0.05, 0) is 23.3 Å². The molecule has 0 amide bonds. The van der Waals surface area contributed by atoms with E-state index in [1.807, 2.05) is 29.6 Å². The normalized spacial score (nSPS) is 14.0. The quantitative estimate of drug-likeness (QED) is 0.658. The van der Waals surface area contributed by atoms with E-state index < -0.39 is 0 Å².